The molecule has 2 aromatic rings. The topological polar surface area (TPSA) is 71.3 Å². The minimum Gasteiger partial charge on any atom is -0.492 e. The van der Waals surface area contributed by atoms with Crippen LogP contribution in [-0.2, 0) is 11.2 Å². The van der Waals surface area contributed by atoms with Gasteiger partial charge in [-0.05, 0) is 74.9 Å². The number of nitrogens with one attached hydrogen (secondary N) is 1. The Bertz CT molecular complexity index is 851. The van der Waals surface area contributed by atoms with Crippen LogP contribution in [-0.4, -0.2) is 18.6 Å². The fraction of sp³-hybridized carbons (Fsp3) is 0.391. The van der Waals surface area contributed by atoms with Crippen LogP contribution in [0.25, 0.3) is 0 Å². The maximum atomic E-state index is 12.4. The number of hydrogen-bond acceptors (Lipinski definition) is 4. The first kappa shape index (κ1) is 19.8. The number of aryl methyl sites for hydroxylation is 1. The van der Waals surface area contributed by atoms with Gasteiger partial charge in [-0.25, -0.2) is 0 Å². The van der Waals surface area contributed by atoms with E-state index in [4.69, 9.17) is 14.7 Å². The van der Waals surface area contributed by atoms with E-state index in [1.165, 1.54) is 12.8 Å². The highest BCUT2D eigenvalue weighted by Crippen LogP contribution is 2.27. The van der Waals surface area contributed by atoms with Gasteiger partial charge in [0.05, 0.1) is 30.0 Å². The summed E-state index contributed by atoms with van der Waals surface area (Å²) < 4.78 is 11.6. The van der Waals surface area contributed by atoms with Gasteiger partial charge in [0.25, 0.3) is 0 Å². The molecule has 1 N–H and O–H groups in total. The van der Waals surface area contributed by atoms with E-state index in [2.05, 4.69) is 11.4 Å². The normalized spacial score (nSPS) is 13.7. The van der Waals surface area contributed by atoms with Gasteiger partial charge in [0.2, 0.25) is 5.91 Å². The summed E-state index contributed by atoms with van der Waals surface area (Å²) in [6.45, 7) is 2.37. The lowest BCUT2D eigenvalue weighted by Gasteiger charge is -2.14. The van der Waals surface area contributed by atoms with Crippen molar-refractivity contribution in [2.75, 3.05) is 11.9 Å². The highest BCUT2D eigenvalue weighted by atomic mass is 16.5. The third-order valence-electron chi connectivity index (χ3n) is 4.83. The van der Waals surface area contributed by atoms with Crippen molar-refractivity contribution in [2.45, 2.75) is 51.6 Å². The Balaban J connectivity index is 1.58. The Morgan fingerprint density at radius 1 is 1.21 bits per heavy atom. The number of nitriles is 1. The number of hydrogen-bond donors (Lipinski definition) is 1. The molecule has 2 aromatic carbocycles. The van der Waals surface area contributed by atoms with Crippen LogP contribution in [0.4, 0.5) is 5.69 Å². The van der Waals surface area contributed by atoms with Crippen LogP contribution in [0.2, 0.25) is 0 Å². The Morgan fingerprint density at radius 3 is 2.79 bits per heavy atom. The van der Waals surface area contributed by atoms with Crippen LogP contribution in [0.3, 0.4) is 0 Å². The molecule has 0 aromatic heterocycles. The predicted molar refractivity (Wildman–Crippen MR) is 109 cm³/mol. The fourth-order valence-corrected chi connectivity index (χ4v) is 3.42. The molecule has 0 aliphatic heterocycles. The summed E-state index contributed by atoms with van der Waals surface area (Å²) in [5, 5.41) is 11.9. The minimum atomic E-state index is -0.113. The van der Waals surface area contributed by atoms with E-state index in [0.717, 1.165) is 24.2 Å². The van der Waals surface area contributed by atoms with Crippen molar-refractivity contribution in [3.8, 4) is 17.6 Å². The first-order valence-electron chi connectivity index (χ1n) is 9.90. The molecule has 5 heteroatoms. The summed E-state index contributed by atoms with van der Waals surface area (Å²) >= 11 is 0. The van der Waals surface area contributed by atoms with Gasteiger partial charge in [-0.1, -0.05) is 12.1 Å². The second-order valence-corrected chi connectivity index (χ2v) is 6.98. The third-order valence-corrected chi connectivity index (χ3v) is 4.83. The van der Waals surface area contributed by atoms with Gasteiger partial charge in [0, 0.05) is 6.42 Å². The van der Waals surface area contributed by atoms with Gasteiger partial charge in [-0.15, -0.1) is 0 Å². The Labute approximate surface area is 166 Å². The van der Waals surface area contributed by atoms with Gasteiger partial charge >= 0.3 is 0 Å². The van der Waals surface area contributed by atoms with Gasteiger partial charge in [-0.3, -0.25) is 4.79 Å². The molecule has 0 heterocycles. The van der Waals surface area contributed by atoms with E-state index >= 15 is 0 Å². The number of rotatable bonds is 8. The largest absolute Gasteiger partial charge is 0.492 e. The average Bonchev–Trinajstić information content (AvgIpc) is 3.21. The molecule has 0 bridgehead atoms. The second-order valence-electron chi connectivity index (χ2n) is 6.98. The number of ether oxygens (including phenoxy) is 2. The van der Waals surface area contributed by atoms with E-state index in [1.807, 2.05) is 31.2 Å². The van der Waals surface area contributed by atoms with Gasteiger partial charge in [0.15, 0.2) is 0 Å². The number of amides is 1. The number of carbonyl (C=O) groups is 1. The third kappa shape index (κ3) is 5.50. The van der Waals surface area contributed by atoms with Crippen LogP contribution in [0.1, 0.15) is 50.2 Å². The van der Waals surface area contributed by atoms with Crippen molar-refractivity contribution in [3.63, 3.8) is 0 Å². The summed E-state index contributed by atoms with van der Waals surface area (Å²) in [6.07, 6.45) is 6.00. The smallest absolute Gasteiger partial charge is 0.224 e. The summed E-state index contributed by atoms with van der Waals surface area (Å²) in [5.74, 6) is 1.34. The van der Waals surface area contributed by atoms with E-state index in [-0.39, 0.29) is 5.91 Å². The maximum absolute atomic E-state index is 12.4. The monoisotopic (exact) mass is 378 g/mol. The maximum Gasteiger partial charge on any atom is 0.224 e. The van der Waals surface area contributed by atoms with Gasteiger partial charge < -0.3 is 14.8 Å². The van der Waals surface area contributed by atoms with Crippen molar-refractivity contribution in [2.24, 2.45) is 0 Å². The average molecular weight is 378 g/mol. The van der Waals surface area contributed by atoms with Crippen LogP contribution in [0.15, 0.2) is 42.5 Å². The number of benzene rings is 2. The summed E-state index contributed by atoms with van der Waals surface area (Å²) in [6, 6.07) is 15.1. The molecule has 5 nitrogen and oxygen atoms in total. The SMILES string of the molecule is CCOc1ccc(C#N)cc1NC(=O)CCc1cccc(OC2CCCC2)c1. The van der Waals surface area contributed by atoms with Crippen molar-refractivity contribution < 1.29 is 14.3 Å². The lowest BCUT2D eigenvalue weighted by molar-refractivity contribution is -0.116. The zero-order valence-electron chi connectivity index (χ0n) is 16.2. The summed E-state index contributed by atoms with van der Waals surface area (Å²) in [5.41, 5.74) is 2.08. The Kier molecular flexibility index (Phi) is 6.91. The molecule has 0 unspecified atom stereocenters. The van der Waals surface area contributed by atoms with Crippen molar-refractivity contribution in [1.82, 2.24) is 0 Å². The zero-order valence-corrected chi connectivity index (χ0v) is 16.2. The molecule has 1 fully saturated rings. The molecule has 3 rings (SSSR count). The Morgan fingerprint density at radius 2 is 2.04 bits per heavy atom. The molecule has 1 amide bonds. The zero-order chi connectivity index (χ0) is 19.8. The fourth-order valence-electron chi connectivity index (χ4n) is 3.42. The minimum absolute atomic E-state index is 0.113. The molecule has 1 aliphatic rings. The molecule has 1 aliphatic carbocycles. The van der Waals surface area contributed by atoms with Gasteiger partial charge in [0.1, 0.15) is 11.5 Å². The van der Waals surface area contributed by atoms with Crippen molar-refractivity contribution in [1.29, 1.82) is 5.26 Å². The molecular formula is C23H26N2O3. The summed E-state index contributed by atoms with van der Waals surface area (Å²) in [4.78, 5) is 12.4. The second kappa shape index (κ2) is 9.80. The van der Waals surface area contributed by atoms with Crippen LogP contribution >= 0.6 is 0 Å². The van der Waals surface area contributed by atoms with E-state index in [1.54, 1.807) is 18.2 Å². The standard InChI is InChI=1S/C23H26N2O3/c1-2-27-22-12-10-18(16-24)15-21(22)25-23(26)13-11-17-6-5-9-20(14-17)28-19-7-3-4-8-19/h5-6,9-10,12,14-15,19H,2-4,7-8,11,13H2,1H3,(H,25,26). The number of carbonyl (C=O) groups excluding carboxylic acids is 1. The summed E-state index contributed by atoms with van der Waals surface area (Å²) in [7, 11) is 0. The van der Waals surface area contributed by atoms with Crippen LogP contribution < -0.4 is 14.8 Å². The lowest BCUT2D eigenvalue weighted by Crippen LogP contribution is -2.14. The molecule has 0 spiro atoms. The quantitative estimate of drug-likeness (QED) is 0.713. The van der Waals surface area contributed by atoms with E-state index in [9.17, 15) is 4.79 Å². The highest BCUT2D eigenvalue weighted by Gasteiger charge is 2.16. The van der Waals surface area contributed by atoms with E-state index in [0.29, 0.717) is 42.6 Å². The van der Waals surface area contributed by atoms with Crippen molar-refractivity contribution >= 4 is 11.6 Å². The Hall–Kier alpha value is -3.00. The number of anilines is 1. The first-order chi connectivity index (χ1) is 13.7. The molecule has 28 heavy (non-hydrogen) atoms. The van der Waals surface area contributed by atoms with Crippen LogP contribution in [0.5, 0.6) is 11.5 Å². The highest BCUT2D eigenvalue weighted by molar-refractivity contribution is 5.92. The van der Waals surface area contributed by atoms with Gasteiger partial charge in [-0.2, -0.15) is 5.26 Å². The molecule has 0 saturated heterocycles. The molecule has 146 valence electrons. The lowest BCUT2D eigenvalue weighted by atomic mass is 10.1. The molecule has 0 radical (unpaired) electrons. The van der Waals surface area contributed by atoms with Crippen LogP contribution in [0, 0.1) is 11.3 Å². The number of nitrogens with zero attached hydrogens (tertiary/aromatic N) is 1. The molecule has 0 atom stereocenters. The van der Waals surface area contributed by atoms with E-state index < -0.39 is 0 Å². The molecular weight excluding hydrogens is 352 g/mol. The molecule has 1 saturated carbocycles. The predicted octanol–water partition coefficient (Wildman–Crippen LogP) is 4.85. The first-order valence-corrected chi connectivity index (χ1v) is 9.90. The van der Waals surface area contributed by atoms with Crippen molar-refractivity contribution in [3.05, 3.63) is 53.6 Å².